The van der Waals surface area contributed by atoms with E-state index in [0.717, 1.165) is 0 Å². The first-order chi connectivity index (χ1) is 13.9. The van der Waals surface area contributed by atoms with Gasteiger partial charge >= 0.3 is 11.9 Å². The molecule has 0 saturated heterocycles. The molecule has 0 rings (SSSR count). The van der Waals surface area contributed by atoms with E-state index in [1.165, 1.54) is 0 Å². The van der Waals surface area contributed by atoms with E-state index in [9.17, 15) is 24.0 Å². The first-order valence-electron chi connectivity index (χ1n) is 9.25. The van der Waals surface area contributed by atoms with Gasteiger partial charge in [0, 0.05) is 12.2 Å². The van der Waals surface area contributed by atoms with Crippen LogP contribution in [0, 0.1) is 5.92 Å². The topological polar surface area (TPSA) is 208 Å². The van der Waals surface area contributed by atoms with Gasteiger partial charge in [-0.05, 0) is 18.8 Å². The second-order valence-electron chi connectivity index (χ2n) is 7.06. The summed E-state index contributed by atoms with van der Waals surface area (Å²) in [6.07, 6.45) is -0.593. The standard InChI is InChI=1S/C17H30N4O8S/c1-8(2)5-11(20-14(25)9(18)6-22)15(26)21-12(7-30)16(27)19-10(17(28)29)3-4-13(23)24/h8-12,22,30H,3-7,18H2,1-2H3,(H,19,27)(H,20,25)(H,21,26)(H,23,24)(H,28,29). The Morgan fingerprint density at radius 2 is 1.40 bits per heavy atom. The zero-order valence-corrected chi connectivity index (χ0v) is 17.7. The number of aliphatic carboxylic acids is 2. The average Bonchev–Trinajstić information content (AvgIpc) is 2.66. The van der Waals surface area contributed by atoms with Crippen LogP contribution in [0.1, 0.15) is 33.1 Å². The van der Waals surface area contributed by atoms with Gasteiger partial charge in [0.1, 0.15) is 24.2 Å². The van der Waals surface area contributed by atoms with Crippen molar-refractivity contribution in [3.05, 3.63) is 0 Å². The summed E-state index contributed by atoms with van der Waals surface area (Å²) in [5.41, 5.74) is 5.44. The molecule has 0 aromatic heterocycles. The summed E-state index contributed by atoms with van der Waals surface area (Å²) in [7, 11) is 0. The van der Waals surface area contributed by atoms with Crippen LogP contribution in [0.25, 0.3) is 0 Å². The monoisotopic (exact) mass is 450 g/mol. The highest BCUT2D eigenvalue weighted by atomic mass is 32.1. The van der Waals surface area contributed by atoms with Gasteiger partial charge in [-0.3, -0.25) is 19.2 Å². The summed E-state index contributed by atoms with van der Waals surface area (Å²) in [5, 5.41) is 33.8. The molecule has 0 heterocycles. The minimum atomic E-state index is -1.46. The molecule has 0 aliphatic carbocycles. The van der Waals surface area contributed by atoms with Crippen molar-refractivity contribution in [2.75, 3.05) is 12.4 Å². The Morgan fingerprint density at radius 1 is 0.900 bits per heavy atom. The maximum atomic E-state index is 12.6. The van der Waals surface area contributed by atoms with Gasteiger partial charge in [-0.2, -0.15) is 12.6 Å². The maximum Gasteiger partial charge on any atom is 0.326 e. The van der Waals surface area contributed by atoms with E-state index in [2.05, 4.69) is 28.6 Å². The number of hydrogen-bond donors (Lipinski definition) is 8. The maximum absolute atomic E-state index is 12.6. The van der Waals surface area contributed by atoms with Crippen molar-refractivity contribution in [3.8, 4) is 0 Å². The lowest BCUT2D eigenvalue weighted by molar-refractivity contribution is -0.143. The number of aliphatic hydroxyl groups excluding tert-OH is 1. The predicted molar refractivity (Wildman–Crippen MR) is 109 cm³/mol. The molecule has 0 radical (unpaired) electrons. The van der Waals surface area contributed by atoms with E-state index in [-0.39, 0.29) is 24.5 Å². The molecule has 3 amide bonds. The van der Waals surface area contributed by atoms with E-state index >= 15 is 0 Å². The normalized spacial score (nSPS) is 14.9. The minimum absolute atomic E-state index is 0.0120. The van der Waals surface area contributed by atoms with Crippen molar-refractivity contribution in [1.82, 2.24) is 16.0 Å². The number of amides is 3. The van der Waals surface area contributed by atoms with Gasteiger partial charge in [0.25, 0.3) is 0 Å². The molecule has 0 aliphatic rings. The van der Waals surface area contributed by atoms with Crippen LogP contribution in [0.15, 0.2) is 0 Å². The molecule has 4 unspecified atom stereocenters. The Labute approximate surface area is 179 Å². The summed E-state index contributed by atoms with van der Waals surface area (Å²) in [6.45, 7) is 3.00. The molecule has 0 saturated carbocycles. The molecule has 30 heavy (non-hydrogen) atoms. The fourth-order valence-electron chi connectivity index (χ4n) is 2.33. The Hall–Kier alpha value is -2.38. The minimum Gasteiger partial charge on any atom is -0.481 e. The molecule has 0 aliphatic heterocycles. The van der Waals surface area contributed by atoms with Crippen molar-refractivity contribution in [2.24, 2.45) is 11.7 Å². The number of carbonyl (C=O) groups excluding carboxylic acids is 3. The molecule has 8 N–H and O–H groups in total. The third kappa shape index (κ3) is 10.4. The molecule has 0 aromatic carbocycles. The number of thiol groups is 1. The van der Waals surface area contributed by atoms with Crippen molar-refractivity contribution >= 4 is 42.3 Å². The van der Waals surface area contributed by atoms with Crippen LogP contribution in [0.5, 0.6) is 0 Å². The van der Waals surface area contributed by atoms with Crippen LogP contribution in [0.2, 0.25) is 0 Å². The summed E-state index contributed by atoms with van der Waals surface area (Å²) >= 11 is 3.99. The smallest absolute Gasteiger partial charge is 0.326 e. The van der Waals surface area contributed by atoms with Gasteiger partial charge < -0.3 is 37.0 Å². The summed E-state index contributed by atoms with van der Waals surface area (Å²) in [4.78, 5) is 58.7. The van der Waals surface area contributed by atoms with Crippen molar-refractivity contribution in [2.45, 2.75) is 57.3 Å². The van der Waals surface area contributed by atoms with Crippen molar-refractivity contribution < 1.29 is 39.3 Å². The van der Waals surface area contributed by atoms with E-state index in [4.69, 9.17) is 21.1 Å². The fourth-order valence-corrected chi connectivity index (χ4v) is 2.59. The number of aliphatic hydroxyl groups is 1. The van der Waals surface area contributed by atoms with Gasteiger partial charge in [-0.25, -0.2) is 4.79 Å². The predicted octanol–water partition coefficient (Wildman–Crippen LogP) is -2.31. The molecular weight excluding hydrogens is 420 g/mol. The lowest BCUT2D eigenvalue weighted by Crippen LogP contribution is -2.58. The second kappa shape index (κ2) is 13.8. The van der Waals surface area contributed by atoms with Gasteiger partial charge in [0.15, 0.2) is 0 Å². The second-order valence-corrected chi connectivity index (χ2v) is 7.42. The number of carboxylic acid groups (broad SMARTS) is 2. The Bertz CT molecular complexity index is 631. The van der Waals surface area contributed by atoms with E-state index < -0.39 is 66.9 Å². The van der Waals surface area contributed by atoms with Crippen molar-refractivity contribution in [1.29, 1.82) is 0 Å². The number of carbonyl (C=O) groups is 5. The van der Waals surface area contributed by atoms with E-state index in [1.54, 1.807) is 13.8 Å². The number of hydrogen-bond acceptors (Lipinski definition) is 8. The van der Waals surface area contributed by atoms with Crippen LogP contribution in [0.4, 0.5) is 0 Å². The molecule has 12 nitrogen and oxygen atoms in total. The lowest BCUT2D eigenvalue weighted by atomic mass is 10.0. The molecule has 172 valence electrons. The third-order valence-electron chi connectivity index (χ3n) is 3.95. The number of nitrogens with two attached hydrogens (primary N) is 1. The molecule has 4 atom stereocenters. The van der Waals surface area contributed by atoms with Gasteiger partial charge in [-0.15, -0.1) is 0 Å². The van der Waals surface area contributed by atoms with Crippen LogP contribution in [-0.2, 0) is 24.0 Å². The lowest BCUT2D eigenvalue weighted by Gasteiger charge is -2.25. The molecule has 0 bridgehead atoms. The van der Waals surface area contributed by atoms with Crippen LogP contribution < -0.4 is 21.7 Å². The molecular formula is C17H30N4O8S. The van der Waals surface area contributed by atoms with E-state index in [1.807, 2.05) is 0 Å². The molecule has 0 aromatic rings. The highest BCUT2D eigenvalue weighted by Crippen LogP contribution is 2.07. The highest BCUT2D eigenvalue weighted by Gasteiger charge is 2.30. The van der Waals surface area contributed by atoms with Gasteiger partial charge in [0.2, 0.25) is 17.7 Å². The summed E-state index contributed by atoms with van der Waals surface area (Å²) in [6, 6.07) is -4.96. The van der Waals surface area contributed by atoms with Crippen LogP contribution in [0.3, 0.4) is 0 Å². The molecule has 0 spiro atoms. The Morgan fingerprint density at radius 3 is 1.83 bits per heavy atom. The van der Waals surface area contributed by atoms with Gasteiger partial charge in [0.05, 0.1) is 6.61 Å². The largest absolute Gasteiger partial charge is 0.481 e. The summed E-state index contributed by atoms with van der Waals surface area (Å²) in [5.74, 6) is -5.15. The SMILES string of the molecule is CC(C)CC(NC(=O)C(N)CO)C(=O)NC(CS)C(=O)NC(CCC(=O)O)C(=O)O. The Kier molecular flexibility index (Phi) is 12.7. The first kappa shape index (κ1) is 27.6. The van der Waals surface area contributed by atoms with Crippen LogP contribution in [-0.4, -0.2) is 81.5 Å². The Balaban J connectivity index is 5.18. The summed E-state index contributed by atoms with van der Waals surface area (Å²) < 4.78 is 0. The average molecular weight is 451 g/mol. The van der Waals surface area contributed by atoms with Gasteiger partial charge in [-0.1, -0.05) is 13.8 Å². The molecule has 13 heteroatoms. The zero-order chi connectivity index (χ0) is 23.4. The highest BCUT2D eigenvalue weighted by molar-refractivity contribution is 7.80. The van der Waals surface area contributed by atoms with Crippen LogP contribution >= 0.6 is 12.6 Å². The molecule has 0 fully saturated rings. The first-order valence-corrected chi connectivity index (χ1v) is 9.89. The number of nitrogens with one attached hydrogen (secondary N) is 3. The fraction of sp³-hybridized carbons (Fsp3) is 0.706. The van der Waals surface area contributed by atoms with Crippen molar-refractivity contribution in [3.63, 3.8) is 0 Å². The zero-order valence-electron chi connectivity index (χ0n) is 16.8. The number of rotatable bonds is 14. The number of carboxylic acids is 2. The quantitative estimate of drug-likeness (QED) is 0.133. The van der Waals surface area contributed by atoms with E-state index in [0.29, 0.717) is 0 Å². The third-order valence-corrected chi connectivity index (χ3v) is 4.32.